The number of rotatable bonds is 5. The Kier molecular flexibility index (Phi) is 5.84. The van der Waals surface area contributed by atoms with E-state index in [0.717, 1.165) is 10.2 Å². The van der Waals surface area contributed by atoms with Crippen LogP contribution in [0.5, 0.6) is 0 Å². The van der Waals surface area contributed by atoms with Gasteiger partial charge in [-0.3, -0.25) is 4.79 Å². The van der Waals surface area contributed by atoms with Crippen molar-refractivity contribution in [2.45, 2.75) is 27.3 Å². The lowest BCUT2D eigenvalue weighted by Gasteiger charge is -2.07. The first-order valence-corrected chi connectivity index (χ1v) is 9.62. The molecule has 1 aromatic heterocycles. The average Bonchev–Trinajstić information content (AvgIpc) is 3.00. The molecule has 0 unspecified atom stereocenters. The predicted octanol–water partition coefficient (Wildman–Crippen LogP) is 3.97. The first kappa shape index (κ1) is 19.0. The zero-order chi connectivity index (χ0) is 19.4. The van der Waals surface area contributed by atoms with Crippen LogP contribution in [0.1, 0.15) is 34.0 Å². The first-order chi connectivity index (χ1) is 13.0. The minimum Gasteiger partial charge on any atom is -0.380 e. The van der Waals surface area contributed by atoms with Crippen LogP contribution in [0, 0.1) is 25.2 Å². The van der Waals surface area contributed by atoms with E-state index in [9.17, 15) is 4.79 Å². The van der Waals surface area contributed by atoms with Crippen LogP contribution in [0.15, 0.2) is 41.4 Å². The van der Waals surface area contributed by atoms with Crippen LogP contribution in [-0.4, -0.2) is 23.7 Å². The molecule has 138 valence electrons. The number of nitrogens with zero attached hydrogens (tertiary/aromatic N) is 3. The lowest BCUT2D eigenvalue weighted by atomic mass is 10.1. The van der Waals surface area contributed by atoms with Crippen LogP contribution in [0.4, 0.5) is 0 Å². The molecule has 3 rings (SSSR count). The van der Waals surface area contributed by atoms with Gasteiger partial charge in [0.05, 0.1) is 28.5 Å². The summed E-state index contributed by atoms with van der Waals surface area (Å²) in [6.07, 6.45) is 0. The van der Waals surface area contributed by atoms with Gasteiger partial charge in [-0.2, -0.15) is 10.3 Å². The Morgan fingerprint density at radius 1 is 1.26 bits per heavy atom. The number of thiazole rings is 1. The molecule has 0 bridgehead atoms. The monoisotopic (exact) mass is 379 g/mol. The highest BCUT2D eigenvalue weighted by Crippen LogP contribution is 2.23. The maximum Gasteiger partial charge on any atom is 0.279 e. The topological polar surface area (TPSA) is 67.4 Å². The summed E-state index contributed by atoms with van der Waals surface area (Å²) >= 11 is 1.52. The number of nitriles is 1. The fraction of sp³-hybridized carbons (Fsp3) is 0.286. The molecule has 0 saturated carbocycles. The zero-order valence-electron chi connectivity index (χ0n) is 15.7. The third-order valence-electron chi connectivity index (χ3n) is 4.24. The number of amides is 1. The molecular formula is C21H21N3O2S. The van der Waals surface area contributed by atoms with Crippen molar-refractivity contribution in [2.75, 3.05) is 13.2 Å². The second kappa shape index (κ2) is 8.30. The Morgan fingerprint density at radius 3 is 2.67 bits per heavy atom. The van der Waals surface area contributed by atoms with E-state index in [2.05, 4.69) is 41.6 Å². The van der Waals surface area contributed by atoms with E-state index in [1.807, 2.05) is 6.92 Å². The van der Waals surface area contributed by atoms with Crippen molar-refractivity contribution in [1.29, 1.82) is 5.26 Å². The van der Waals surface area contributed by atoms with Crippen molar-refractivity contribution in [3.63, 3.8) is 0 Å². The molecule has 6 heteroatoms. The fourth-order valence-electron chi connectivity index (χ4n) is 2.95. The Labute approximate surface area is 162 Å². The highest BCUT2D eigenvalue weighted by molar-refractivity contribution is 7.16. The minimum absolute atomic E-state index is 0.314. The van der Waals surface area contributed by atoms with Gasteiger partial charge in [0.25, 0.3) is 5.91 Å². The summed E-state index contributed by atoms with van der Waals surface area (Å²) in [4.78, 5) is 17.7. The van der Waals surface area contributed by atoms with Gasteiger partial charge in [0.2, 0.25) is 0 Å². The predicted molar refractivity (Wildman–Crippen MR) is 107 cm³/mol. The molecule has 0 saturated heterocycles. The Balaban J connectivity index is 2.09. The Morgan fingerprint density at radius 2 is 2.00 bits per heavy atom. The van der Waals surface area contributed by atoms with Crippen LogP contribution in [0.3, 0.4) is 0 Å². The van der Waals surface area contributed by atoms with Gasteiger partial charge in [-0.15, -0.1) is 0 Å². The van der Waals surface area contributed by atoms with E-state index >= 15 is 0 Å². The van der Waals surface area contributed by atoms with E-state index in [1.165, 1.54) is 22.5 Å². The van der Waals surface area contributed by atoms with E-state index in [1.54, 1.807) is 24.3 Å². The second-order valence-corrected chi connectivity index (χ2v) is 7.25. The summed E-state index contributed by atoms with van der Waals surface area (Å²) in [7, 11) is 0. The second-order valence-electron chi connectivity index (χ2n) is 6.27. The number of hydrogen-bond donors (Lipinski definition) is 0. The summed E-state index contributed by atoms with van der Waals surface area (Å²) in [6, 6.07) is 12.8. The van der Waals surface area contributed by atoms with Gasteiger partial charge < -0.3 is 9.30 Å². The van der Waals surface area contributed by atoms with Crippen LogP contribution >= 0.6 is 11.3 Å². The standard InChI is InChI=1S/C21H21N3O2S/c1-4-26-10-9-24-18-12-14(2)11-15(3)19(18)27-21(24)23-20(25)17-7-5-16(13-22)6-8-17/h5-8,11-12H,4,9-10H2,1-3H3. The molecular weight excluding hydrogens is 358 g/mol. The lowest BCUT2D eigenvalue weighted by molar-refractivity contribution is 0.0996. The molecule has 0 aliphatic carbocycles. The number of carbonyl (C=O) groups is 1. The molecule has 27 heavy (non-hydrogen) atoms. The minimum atomic E-state index is -0.314. The molecule has 2 aromatic carbocycles. The molecule has 1 heterocycles. The number of ether oxygens (including phenoxy) is 1. The van der Waals surface area contributed by atoms with Crippen molar-refractivity contribution in [3.8, 4) is 6.07 Å². The third kappa shape index (κ3) is 4.16. The molecule has 0 radical (unpaired) electrons. The largest absolute Gasteiger partial charge is 0.380 e. The van der Waals surface area contributed by atoms with Crippen LogP contribution in [0.25, 0.3) is 10.2 Å². The number of carbonyl (C=O) groups excluding carboxylic acids is 1. The number of hydrogen-bond acceptors (Lipinski definition) is 4. The van der Waals surface area contributed by atoms with Crippen LogP contribution < -0.4 is 4.80 Å². The van der Waals surface area contributed by atoms with Crippen molar-refractivity contribution in [3.05, 3.63) is 63.5 Å². The maximum absolute atomic E-state index is 12.6. The third-order valence-corrected chi connectivity index (χ3v) is 5.47. The molecule has 0 N–H and O–H groups in total. The van der Waals surface area contributed by atoms with E-state index < -0.39 is 0 Å². The molecule has 1 amide bonds. The quantitative estimate of drug-likeness (QED) is 0.630. The van der Waals surface area contributed by atoms with E-state index in [4.69, 9.17) is 10.00 Å². The molecule has 3 aromatic rings. The van der Waals surface area contributed by atoms with Gasteiger partial charge >= 0.3 is 0 Å². The molecule has 0 fully saturated rings. The van der Waals surface area contributed by atoms with Crippen LogP contribution in [0.2, 0.25) is 0 Å². The number of aryl methyl sites for hydroxylation is 2. The highest BCUT2D eigenvalue weighted by Gasteiger charge is 2.11. The lowest BCUT2D eigenvalue weighted by Crippen LogP contribution is -2.19. The molecule has 0 spiro atoms. The summed E-state index contributed by atoms with van der Waals surface area (Å²) in [6.45, 7) is 7.95. The first-order valence-electron chi connectivity index (χ1n) is 8.81. The molecule has 0 atom stereocenters. The SMILES string of the molecule is CCOCCn1c(=NC(=O)c2ccc(C#N)cc2)sc2c(C)cc(C)cc21. The molecule has 5 nitrogen and oxygen atoms in total. The highest BCUT2D eigenvalue weighted by atomic mass is 32.1. The zero-order valence-corrected chi connectivity index (χ0v) is 16.5. The maximum atomic E-state index is 12.6. The molecule has 0 aliphatic rings. The van der Waals surface area contributed by atoms with Crippen LogP contribution in [-0.2, 0) is 11.3 Å². The number of aromatic nitrogens is 1. The van der Waals surface area contributed by atoms with Crippen molar-refractivity contribution < 1.29 is 9.53 Å². The average molecular weight is 379 g/mol. The molecule has 0 aliphatic heterocycles. The summed E-state index contributed by atoms with van der Waals surface area (Å²) in [5.74, 6) is -0.314. The van der Waals surface area contributed by atoms with Crippen molar-refractivity contribution >= 4 is 27.5 Å². The summed E-state index contributed by atoms with van der Waals surface area (Å²) in [5.41, 5.74) is 4.41. The number of benzene rings is 2. The summed E-state index contributed by atoms with van der Waals surface area (Å²) < 4.78 is 8.69. The van der Waals surface area contributed by atoms with Gasteiger partial charge in [-0.1, -0.05) is 17.4 Å². The van der Waals surface area contributed by atoms with Crippen molar-refractivity contribution in [1.82, 2.24) is 4.57 Å². The summed E-state index contributed by atoms with van der Waals surface area (Å²) in [5, 5.41) is 8.90. The van der Waals surface area contributed by atoms with Gasteiger partial charge in [0, 0.05) is 18.7 Å². The van der Waals surface area contributed by atoms with Gasteiger partial charge in [0.15, 0.2) is 4.80 Å². The van der Waals surface area contributed by atoms with Gasteiger partial charge in [-0.25, -0.2) is 0 Å². The van der Waals surface area contributed by atoms with Crippen molar-refractivity contribution in [2.24, 2.45) is 4.99 Å². The van der Waals surface area contributed by atoms with Gasteiger partial charge in [-0.05, 0) is 62.2 Å². The smallest absolute Gasteiger partial charge is 0.279 e. The van der Waals surface area contributed by atoms with E-state index in [0.29, 0.717) is 35.7 Å². The Bertz CT molecular complexity index is 1090. The van der Waals surface area contributed by atoms with E-state index in [-0.39, 0.29) is 5.91 Å². The Hall–Kier alpha value is -2.75. The normalized spacial score (nSPS) is 11.7. The number of fused-ring (bicyclic) bond motifs is 1. The van der Waals surface area contributed by atoms with Gasteiger partial charge in [0.1, 0.15) is 0 Å². The fourth-order valence-corrected chi connectivity index (χ4v) is 4.06.